The Balaban J connectivity index is 1.91. The van der Waals surface area contributed by atoms with Crippen LogP contribution in [0.15, 0.2) is 64.5 Å². The van der Waals surface area contributed by atoms with Crippen molar-refractivity contribution in [1.29, 1.82) is 0 Å². The molecule has 5 heteroatoms. The molecule has 118 valence electrons. The molecule has 0 spiro atoms. The van der Waals surface area contributed by atoms with Crippen molar-refractivity contribution in [2.24, 2.45) is 4.99 Å². The molecular formula is C18H18N2O2S. The highest BCUT2D eigenvalue weighted by Crippen LogP contribution is 2.38. The van der Waals surface area contributed by atoms with Gasteiger partial charge in [0.15, 0.2) is 11.4 Å². The zero-order valence-corrected chi connectivity index (χ0v) is 13.8. The summed E-state index contributed by atoms with van der Waals surface area (Å²) in [6.07, 6.45) is 1.24. The van der Waals surface area contributed by atoms with Gasteiger partial charge in [-0.25, -0.2) is 0 Å². The summed E-state index contributed by atoms with van der Waals surface area (Å²) in [5.74, 6) is 0.813. The highest BCUT2D eigenvalue weighted by atomic mass is 32.2. The number of para-hydroxylation sites is 1. The standard InChI is InChI=1S/C18H18N2O2S/c1-19-18-20(14-6-4-3-5-7-14)17(21)16(23-18)12-13-8-10-15(22-2)11-9-13/h3-12,17,21H,1-2H3/b16-12-,19-18-. The van der Waals surface area contributed by atoms with E-state index in [4.69, 9.17) is 4.74 Å². The van der Waals surface area contributed by atoms with Gasteiger partial charge < -0.3 is 9.84 Å². The van der Waals surface area contributed by atoms with Crippen molar-refractivity contribution in [3.05, 3.63) is 65.1 Å². The number of amidine groups is 1. The Morgan fingerprint density at radius 2 is 1.83 bits per heavy atom. The second-order valence-electron chi connectivity index (χ2n) is 5.01. The first kappa shape index (κ1) is 15.6. The van der Waals surface area contributed by atoms with Crippen LogP contribution in [0, 0.1) is 0 Å². The summed E-state index contributed by atoms with van der Waals surface area (Å²) < 4.78 is 5.17. The fourth-order valence-electron chi connectivity index (χ4n) is 2.40. The van der Waals surface area contributed by atoms with Gasteiger partial charge in [0, 0.05) is 17.6 Å². The van der Waals surface area contributed by atoms with Crippen LogP contribution in [0.1, 0.15) is 5.56 Å². The number of thioether (sulfide) groups is 1. The Kier molecular flexibility index (Phi) is 4.69. The number of methoxy groups -OCH3 is 1. The molecule has 0 bridgehead atoms. The van der Waals surface area contributed by atoms with E-state index in [1.807, 2.05) is 65.6 Å². The Morgan fingerprint density at radius 1 is 1.13 bits per heavy atom. The van der Waals surface area contributed by atoms with E-state index < -0.39 is 6.23 Å². The van der Waals surface area contributed by atoms with Gasteiger partial charge in [0.25, 0.3) is 0 Å². The molecule has 1 unspecified atom stereocenters. The van der Waals surface area contributed by atoms with Crippen molar-refractivity contribution >= 4 is 28.7 Å². The van der Waals surface area contributed by atoms with Gasteiger partial charge in [-0.3, -0.25) is 9.89 Å². The quantitative estimate of drug-likeness (QED) is 0.936. The largest absolute Gasteiger partial charge is 0.497 e. The lowest BCUT2D eigenvalue weighted by atomic mass is 10.2. The molecule has 1 fully saturated rings. The summed E-state index contributed by atoms with van der Waals surface area (Å²) in [6.45, 7) is 0. The number of benzene rings is 2. The minimum absolute atomic E-state index is 0.733. The Labute approximate surface area is 140 Å². The number of aliphatic hydroxyl groups excluding tert-OH is 1. The summed E-state index contributed by atoms with van der Waals surface area (Å²) in [7, 11) is 3.38. The van der Waals surface area contributed by atoms with E-state index in [-0.39, 0.29) is 0 Å². The number of anilines is 1. The van der Waals surface area contributed by atoms with Crippen LogP contribution < -0.4 is 9.64 Å². The number of aliphatic hydroxyl groups is 1. The first-order valence-electron chi connectivity index (χ1n) is 7.25. The molecule has 3 rings (SSSR count). The maximum atomic E-state index is 10.7. The number of aliphatic imine (C=N–C) groups is 1. The molecule has 2 aromatic carbocycles. The van der Waals surface area contributed by atoms with Gasteiger partial charge in [0.05, 0.1) is 7.11 Å². The van der Waals surface area contributed by atoms with E-state index in [9.17, 15) is 5.11 Å². The van der Waals surface area contributed by atoms with E-state index >= 15 is 0 Å². The fraction of sp³-hybridized carbons (Fsp3) is 0.167. The third kappa shape index (κ3) is 3.25. The highest BCUT2D eigenvalue weighted by molar-refractivity contribution is 8.18. The van der Waals surface area contributed by atoms with Crippen LogP contribution in [0.4, 0.5) is 5.69 Å². The second-order valence-corrected chi connectivity index (χ2v) is 6.05. The predicted octanol–water partition coefficient (Wildman–Crippen LogP) is 3.59. The van der Waals surface area contributed by atoms with Crippen LogP contribution in [0.3, 0.4) is 0 Å². The lowest BCUT2D eigenvalue weighted by Gasteiger charge is -2.21. The van der Waals surface area contributed by atoms with Crippen LogP contribution in [0.5, 0.6) is 5.75 Å². The maximum absolute atomic E-state index is 10.7. The zero-order chi connectivity index (χ0) is 16.2. The first-order valence-corrected chi connectivity index (χ1v) is 8.07. The van der Waals surface area contributed by atoms with Gasteiger partial charge in [0.2, 0.25) is 0 Å². The maximum Gasteiger partial charge on any atom is 0.170 e. The van der Waals surface area contributed by atoms with Crippen molar-refractivity contribution in [2.75, 3.05) is 19.1 Å². The number of hydrogen-bond acceptors (Lipinski definition) is 4. The lowest BCUT2D eigenvalue weighted by Crippen LogP contribution is -2.32. The summed E-state index contributed by atoms with van der Waals surface area (Å²) in [4.78, 5) is 6.98. The summed E-state index contributed by atoms with van der Waals surface area (Å²) >= 11 is 1.48. The summed E-state index contributed by atoms with van der Waals surface area (Å²) in [5.41, 5.74) is 1.93. The molecule has 1 saturated heterocycles. The molecule has 1 N–H and O–H groups in total. The molecule has 2 aromatic rings. The Morgan fingerprint density at radius 3 is 2.43 bits per heavy atom. The van der Waals surface area contributed by atoms with Crippen molar-refractivity contribution in [2.45, 2.75) is 6.23 Å². The average Bonchev–Trinajstić information content (AvgIpc) is 2.92. The molecule has 0 amide bonds. The second kappa shape index (κ2) is 6.89. The molecule has 1 aliphatic heterocycles. The molecule has 4 nitrogen and oxygen atoms in total. The van der Waals surface area contributed by atoms with E-state index in [1.54, 1.807) is 14.2 Å². The molecule has 1 atom stereocenters. The lowest BCUT2D eigenvalue weighted by molar-refractivity contribution is 0.233. The van der Waals surface area contributed by atoms with Crippen LogP contribution in [-0.2, 0) is 0 Å². The zero-order valence-electron chi connectivity index (χ0n) is 13.0. The minimum atomic E-state index is -0.733. The van der Waals surface area contributed by atoms with Gasteiger partial charge in [-0.2, -0.15) is 0 Å². The van der Waals surface area contributed by atoms with Crippen molar-refractivity contribution in [3.63, 3.8) is 0 Å². The van der Waals surface area contributed by atoms with Crippen LogP contribution in [-0.4, -0.2) is 30.7 Å². The van der Waals surface area contributed by atoms with Gasteiger partial charge >= 0.3 is 0 Å². The molecule has 0 aliphatic carbocycles. The van der Waals surface area contributed by atoms with E-state index in [0.29, 0.717) is 0 Å². The minimum Gasteiger partial charge on any atom is -0.497 e. The third-order valence-corrected chi connectivity index (χ3v) is 4.69. The Hall–Kier alpha value is -2.24. The third-order valence-electron chi connectivity index (χ3n) is 3.56. The van der Waals surface area contributed by atoms with Gasteiger partial charge in [0.1, 0.15) is 5.75 Å². The van der Waals surface area contributed by atoms with Crippen molar-refractivity contribution in [3.8, 4) is 5.75 Å². The summed E-state index contributed by atoms with van der Waals surface area (Å²) in [5, 5.41) is 11.5. The Bertz CT molecular complexity index is 726. The van der Waals surface area contributed by atoms with Crippen LogP contribution in [0.25, 0.3) is 6.08 Å². The average molecular weight is 326 g/mol. The normalized spacial score (nSPS) is 21.2. The number of nitrogens with zero attached hydrogens (tertiary/aromatic N) is 2. The van der Waals surface area contributed by atoms with Gasteiger partial charge in [-0.1, -0.05) is 42.1 Å². The monoisotopic (exact) mass is 326 g/mol. The molecule has 23 heavy (non-hydrogen) atoms. The molecule has 1 heterocycles. The van der Waals surface area contributed by atoms with Crippen molar-refractivity contribution < 1.29 is 9.84 Å². The molecule has 0 aromatic heterocycles. The van der Waals surface area contributed by atoms with E-state index in [1.165, 1.54) is 11.8 Å². The summed E-state index contributed by atoms with van der Waals surface area (Å²) in [6, 6.07) is 17.5. The van der Waals surface area contributed by atoms with Gasteiger partial charge in [-0.15, -0.1) is 0 Å². The number of hydrogen-bond donors (Lipinski definition) is 1. The number of rotatable bonds is 3. The SMILES string of the molecule is C/N=C1\S/C(=C\c2ccc(OC)cc2)C(O)N1c1ccccc1. The van der Waals surface area contributed by atoms with Crippen molar-refractivity contribution in [1.82, 2.24) is 0 Å². The molecule has 0 radical (unpaired) electrons. The molecule has 1 aliphatic rings. The molecular weight excluding hydrogens is 308 g/mol. The van der Waals surface area contributed by atoms with Crippen LogP contribution >= 0.6 is 11.8 Å². The molecule has 0 saturated carbocycles. The fourth-order valence-corrected chi connectivity index (χ4v) is 3.41. The predicted molar refractivity (Wildman–Crippen MR) is 96.8 cm³/mol. The highest BCUT2D eigenvalue weighted by Gasteiger charge is 2.34. The first-order chi connectivity index (χ1) is 11.2. The van der Waals surface area contributed by atoms with E-state index in [0.717, 1.165) is 27.1 Å². The topological polar surface area (TPSA) is 45.1 Å². The number of ether oxygens (including phenoxy) is 1. The van der Waals surface area contributed by atoms with Gasteiger partial charge in [-0.05, 0) is 35.9 Å². The van der Waals surface area contributed by atoms with E-state index in [2.05, 4.69) is 4.99 Å². The smallest absolute Gasteiger partial charge is 0.170 e. The van der Waals surface area contributed by atoms with Crippen LogP contribution in [0.2, 0.25) is 0 Å².